The van der Waals surface area contributed by atoms with Crippen molar-refractivity contribution in [1.29, 1.82) is 5.26 Å². The van der Waals surface area contributed by atoms with Gasteiger partial charge in [0.1, 0.15) is 0 Å². The van der Waals surface area contributed by atoms with Gasteiger partial charge in [-0.25, -0.2) is 0 Å². The Hall–Kier alpha value is -4.04. The summed E-state index contributed by atoms with van der Waals surface area (Å²) in [4.78, 5) is 3.41. The number of hydrogen-bond donors (Lipinski definition) is 0. The number of nitriles is 1. The van der Waals surface area contributed by atoms with Gasteiger partial charge in [-0.05, 0) is 53.7 Å². The molecule has 0 bridgehead atoms. The zero-order valence-corrected chi connectivity index (χ0v) is 31.1. The normalized spacial score (nSPS) is 13.6. The summed E-state index contributed by atoms with van der Waals surface area (Å²) in [6, 6.07) is 66.3. The molecule has 0 N–H and O–H groups in total. The monoisotopic (exact) mass is 761 g/mol. The van der Waals surface area contributed by atoms with Gasteiger partial charge in [-0.15, -0.1) is 0 Å². The van der Waals surface area contributed by atoms with Gasteiger partial charge in [-0.2, -0.15) is 5.26 Å². The molecule has 8 rings (SSSR count). The van der Waals surface area contributed by atoms with E-state index in [1.165, 1.54) is 63.9 Å². The van der Waals surface area contributed by atoms with E-state index in [1.54, 1.807) is 0 Å². The fraction of sp³-hybridized carbons (Fsp3) is 0.136. The van der Waals surface area contributed by atoms with Crippen molar-refractivity contribution in [2.45, 2.75) is 38.1 Å². The second-order valence-electron chi connectivity index (χ2n) is 11.2. The summed E-state index contributed by atoms with van der Waals surface area (Å²) in [6.45, 7) is 0. The van der Waals surface area contributed by atoms with Crippen LogP contribution in [0.25, 0.3) is 0 Å². The summed E-state index contributed by atoms with van der Waals surface area (Å²) < 4.78 is 0. The standard InChI is InChI=1S/2C18H15P.C5H10.C3HN2.Ru/c2*1-4-10-16(11-5-1)19(17-12-6-2-7-13-17)18-14-8-3-9-15-18;1-2-4-5-3-1;4-1-3-2-5-3;/h2*1-15H;1-5H2;3H;/q;;;-1;+2. The maximum Gasteiger partial charge on any atom is 2.00 e. The molecule has 5 heteroatoms. The SMILES string of the molecule is C1CCCC1.N#CC1[C-]=N1.[Ru+2].c1ccc(P(c2ccccc2)c2ccccc2)cc1.c1ccc(P(c2ccccc2)c2ccccc2)cc1. The molecule has 0 spiro atoms. The summed E-state index contributed by atoms with van der Waals surface area (Å²) in [7, 11) is -0.892. The molecule has 0 amide bonds. The molecule has 6 aromatic rings. The van der Waals surface area contributed by atoms with Gasteiger partial charge in [0, 0.05) is 0 Å². The van der Waals surface area contributed by atoms with Gasteiger partial charge < -0.3 is 11.2 Å². The van der Waals surface area contributed by atoms with Crippen LogP contribution in [0.15, 0.2) is 187 Å². The van der Waals surface area contributed by atoms with Crippen LogP contribution in [-0.4, -0.2) is 12.3 Å². The van der Waals surface area contributed by atoms with Crippen molar-refractivity contribution in [3.63, 3.8) is 0 Å². The van der Waals surface area contributed by atoms with Gasteiger partial charge in [0.2, 0.25) is 0 Å². The van der Waals surface area contributed by atoms with Crippen molar-refractivity contribution < 1.29 is 19.5 Å². The molecule has 0 saturated heterocycles. The van der Waals surface area contributed by atoms with Crippen LogP contribution < -0.4 is 31.8 Å². The number of rotatable bonds is 6. The van der Waals surface area contributed by atoms with Crippen LogP contribution in [0.3, 0.4) is 0 Å². The van der Waals surface area contributed by atoms with Crippen molar-refractivity contribution in [2.24, 2.45) is 4.99 Å². The minimum absolute atomic E-state index is 0. The molecule has 2 aliphatic rings. The largest absolute Gasteiger partial charge is 2.00 e. The van der Waals surface area contributed by atoms with Crippen molar-refractivity contribution >= 4 is 53.9 Å². The number of benzene rings is 6. The van der Waals surface area contributed by atoms with Crippen LogP contribution in [0, 0.1) is 11.3 Å². The third-order valence-electron chi connectivity index (χ3n) is 7.72. The Morgan fingerprint density at radius 2 is 0.592 bits per heavy atom. The Balaban J connectivity index is 0.000000169. The smallest absolute Gasteiger partial charge is 0.511 e. The molecule has 244 valence electrons. The molecule has 1 aliphatic carbocycles. The fourth-order valence-electron chi connectivity index (χ4n) is 5.34. The third-order valence-corrected chi connectivity index (χ3v) is 12.6. The predicted octanol–water partition coefficient (Wildman–Crippen LogP) is 8.68. The average molecular weight is 761 g/mol. The Labute approximate surface area is 308 Å². The number of hydrogen-bond acceptors (Lipinski definition) is 2. The van der Waals surface area contributed by atoms with E-state index in [0.29, 0.717) is 0 Å². The van der Waals surface area contributed by atoms with Gasteiger partial charge in [0.25, 0.3) is 0 Å². The van der Waals surface area contributed by atoms with Crippen LogP contribution in [0.4, 0.5) is 0 Å². The number of nitrogens with zero attached hydrogens (tertiary/aromatic N) is 2. The third kappa shape index (κ3) is 12.7. The summed E-state index contributed by atoms with van der Waals surface area (Å²) in [5.41, 5.74) is 0. The van der Waals surface area contributed by atoms with Crippen LogP contribution >= 0.6 is 15.8 Å². The van der Waals surface area contributed by atoms with Crippen LogP contribution in [0.1, 0.15) is 32.1 Å². The summed E-state index contributed by atoms with van der Waals surface area (Å²) in [6.07, 6.45) is 9.95. The molecule has 0 radical (unpaired) electrons. The van der Waals surface area contributed by atoms with Crippen LogP contribution in [-0.2, 0) is 19.5 Å². The first-order valence-electron chi connectivity index (χ1n) is 16.6. The molecule has 1 unspecified atom stereocenters. The van der Waals surface area contributed by atoms with E-state index in [2.05, 4.69) is 193 Å². The van der Waals surface area contributed by atoms with Gasteiger partial charge in [-0.3, -0.25) is 0 Å². The molecule has 0 aromatic heterocycles. The quantitative estimate of drug-likeness (QED) is 0.0952. The van der Waals surface area contributed by atoms with E-state index in [1.807, 2.05) is 6.07 Å². The molecule has 6 aromatic carbocycles. The van der Waals surface area contributed by atoms with Gasteiger partial charge >= 0.3 is 19.5 Å². The molecule has 1 heterocycles. The Kier molecular flexibility index (Phi) is 16.8. The summed E-state index contributed by atoms with van der Waals surface area (Å²) in [5.74, 6) is 0. The van der Waals surface area contributed by atoms with Gasteiger partial charge in [-0.1, -0.05) is 214 Å². The van der Waals surface area contributed by atoms with Crippen LogP contribution in [0.2, 0.25) is 0 Å². The van der Waals surface area contributed by atoms with E-state index >= 15 is 0 Å². The second kappa shape index (κ2) is 21.8. The van der Waals surface area contributed by atoms with E-state index in [4.69, 9.17) is 5.26 Å². The predicted molar refractivity (Wildman–Crippen MR) is 210 cm³/mol. The topological polar surface area (TPSA) is 36.1 Å². The number of aliphatic imine (C=N–C) groups is 1. The molecular weight excluding hydrogens is 720 g/mol. The van der Waals surface area contributed by atoms with Crippen molar-refractivity contribution in [3.05, 3.63) is 182 Å². The van der Waals surface area contributed by atoms with Crippen molar-refractivity contribution in [3.8, 4) is 6.07 Å². The minimum Gasteiger partial charge on any atom is -0.511 e. The molecular formula is C44H41N2P2Ru+. The Morgan fingerprint density at radius 1 is 0.408 bits per heavy atom. The zero-order chi connectivity index (χ0) is 33.1. The first kappa shape index (κ1) is 37.8. The maximum absolute atomic E-state index is 7.80. The summed E-state index contributed by atoms with van der Waals surface area (Å²) in [5, 5.41) is 16.2. The molecule has 1 aliphatic heterocycles. The van der Waals surface area contributed by atoms with Crippen molar-refractivity contribution in [1.82, 2.24) is 0 Å². The van der Waals surface area contributed by atoms with Gasteiger partial charge in [0.05, 0.1) is 6.07 Å². The van der Waals surface area contributed by atoms with E-state index in [-0.39, 0.29) is 25.5 Å². The molecule has 1 fully saturated rings. The van der Waals surface area contributed by atoms with E-state index in [0.717, 1.165) is 0 Å². The molecule has 49 heavy (non-hydrogen) atoms. The fourth-order valence-corrected chi connectivity index (χ4v) is 9.95. The Morgan fingerprint density at radius 3 is 0.714 bits per heavy atom. The zero-order valence-electron chi connectivity index (χ0n) is 27.6. The van der Waals surface area contributed by atoms with Gasteiger partial charge in [0.15, 0.2) is 0 Å². The second-order valence-corrected chi connectivity index (χ2v) is 15.7. The Bertz CT molecular complexity index is 1480. The average Bonchev–Trinajstić information content (AvgIpc) is 3.82. The summed E-state index contributed by atoms with van der Waals surface area (Å²) >= 11 is 0. The molecule has 2 nitrogen and oxygen atoms in total. The van der Waals surface area contributed by atoms with E-state index in [9.17, 15) is 0 Å². The molecule has 1 saturated carbocycles. The maximum atomic E-state index is 7.80. The minimum atomic E-state index is -0.446. The first-order valence-corrected chi connectivity index (χ1v) is 19.3. The van der Waals surface area contributed by atoms with E-state index < -0.39 is 15.8 Å². The van der Waals surface area contributed by atoms with Crippen LogP contribution in [0.5, 0.6) is 0 Å². The first-order chi connectivity index (χ1) is 23.8. The van der Waals surface area contributed by atoms with Crippen molar-refractivity contribution in [2.75, 3.05) is 0 Å². The molecule has 1 atom stereocenters.